The molecule has 0 aliphatic rings. The third-order valence-corrected chi connectivity index (χ3v) is 1.85. The number of nitrogens with zero attached hydrogens (tertiary/aromatic N) is 1. The van der Waals surface area contributed by atoms with Gasteiger partial charge in [0.25, 0.3) is 0 Å². The molecule has 0 amide bonds. The Kier molecular flexibility index (Phi) is 2.45. The molecule has 12 heavy (non-hydrogen) atoms. The van der Waals surface area contributed by atoms with Crippen molar-refractivity contribution in [1.29, 1.82) is 0 Å². The summed E-state index contributed by atoms with van der Waals surface area (Å²) in [6, 6.07) is 3.64. The quantitative estimate of drug-likeness (QED) is 0.681. The Labute approximate surface area is 72.8 Å². The Morgan fingerprint density at radius 1 is 1.50 bits per heavy atom. The summed E-state index contributed by atoms with van der Waals surface area (Å²) >= 11 is 0. The first-order valence-electron chi connectivity index (χ1n) is 3.96. The van der Waals surface area contributed by atoms with Gasteiger partial charge in [-0.25, -0.2) is 0 Å². The van der Waals surface area contributed by atoms with E-state index in [9.17, 15) is 0 Å². The van der Waals surface area contributed by atoms with Crippen LogP contribution in [-0.4, -0.2) is 10.5 Å². The van der Waals surface area contributed by atoms with Crippen molar-refractivity contribution < 1.29 is 0 Å². The van der Waals surface area contributed by atoms with E-state index in [1.54, 1.807) is 12.4 Å². The summed E-state index contributed by atoms with van der Waals surface area (Å²) < 4.78 is 0. The van der Waals surface area contributed by atoms with Crippen molar-refractivity contribution in [3.8, 4) is 0 Å². The Balaban J connectivity index is 2.86. The van der Waals surface area contributed by atoms with Crippen molar-refractivity contribution in [2.75, 3.05) is 0 Å². The first-order valence-corrected chi connectivity index (χ1v) is 3.96. The summed E-state index contributed by atoms with van der Waals surface area (Å²) in [5, 5.41) is 0. The van der Waals surface area contributed by atoms with Gasteiger partial charge in [0.1, 0.15) is 0 Å². The maximum absolute atomic E-state index is 5.91. The lowest BCUT2D eigenvalue weighted by Crippen LogP contribution is -2.43. The maximum atomic E-state index is 5.91. The van der Waals surface area contributed by atoms with Crippen molar-refractivity contribution in [3.63, 3.8) is 0 Å². The molecule has 0 aliphatic carbocycles. The third kappa shape index (κ3) is 2.03. The largest absolute Gasteiger partial charge is 0.324 e. The Hall–Kier alpha value is -0.930. The lowest BCUT2D eigenvalue weighted by molar-refractivity contribution is 0.419. The normalized spacial score (nSPS) is 14.3. The molecule has 1 heterocycles. The van der Waals surface area contributed by atoms with E-state index in [1.165, 1.54) is 0 Å². The molecule has 1 rings (SSSR count). The predicted molar refractivity (Wildman–Crippen MR) is 49.4 cm³/mol. The molecule has 0 aromatic carbocycles. The minimum absolute atomic E-state index is 0.161. The average Bonchev–Trinajstić information content (AvgIpc) is 2.03. The Bertz CT molecular complexity index is 238. The van der Waals surface area contributed by atoms with Crippen LogP contribution < -0.4 is 11.5 Å². The number of hydrogen-bond acceptors (Lipinski definition) is 3. The molecule has 3 heteroatoms. The van der Waals surface area contributed by atoms with Crippen LogP contribution in [0.25, 0.3) is 0 Å². The van der Waals surface area contributed by atoms with Crippen LogP contribution in [0.4, 0.5) is 0 Å². The lowest BCUT2D eigenvalue weighted by Gasteiger charge is -2.26. The second-order valence-electron chi connectivity index (χ2n) is 3.59. The highest BCUT2D eigenvalue weighted by molar-refractivity contribution is 5.17. The molecule has 1 aromatic heterocycles. The van der Waals surface area contributed by atoms with Gasteiger partial charge < -0.3 is 11.5 Å². The van der Waals surface area contributed by atoms with Gasteiger partial charge in [-0.1, -0.05) is 6.07 Å². The number of pyridine rings is 1. The predicted octanol–water partition coefficient (Wildman–Crippen LogP) is 0.819. The SMILES string of the molecule is CC(C)(N)C(N)c1cccnc1. The summed E-state index contributed by atoms with van der Waals surface area (Å²) in [5.74, 6) is 0. The molecule has 3 nitrogen and oxygen atoms in total. The fourth-order valence-electron chi connectivity index (χ4n) is 0.989. The van der Waals surface area contributed by atoms with E-state index in [1.807, 2.05) is 26.0 Å². The smallest absolute Gasteiger partial charge is 0.0487 e. The minimum Gasteiger partial charge on any atom is -0.324 e. The molecule has 1 unspecified atom stereocenters. The molecule has 1 aromatic rings. The van der Waals surface area contributed by atoms with Crippen molar-refractivity contribution in [2.24, 2.45) is 11.5 Å². The van der Waals surface area contributed by atoms with E-state index in [-0.39, 0.29) is 6.04 Å². The van der Waals surface area contributed by atoms with Gasteiger partial charge in [-0.05, 0) is 25.5 Å². The van der Waals surface area contributed by atoms with Gasteiger partial charge in [0, 0.05) is 24.0 Å². The number of aromatic nitrogens is 1. The summed E-state index contributed by atoms with van der Waals surface area (Å²) in [6.07, 6.45) is 3.47. The van der Waals surface area contributed by atoms with E-state index in [0.29, 0.717) is 0 Å². The maximum Gasteiger partial charge on any atom is 0.0487 e. The van der Waals surface area contributed by atoms with E-state index in [4.69, 9.17) is 11.5 Å². The van der Waals surface area contributed by atoms with Gasteiger partial charge in [-0.3, -0.25) is 4.98 Å². The highest BCUT2D eigenvalue weighted by atomic mass is 14.8. The minimum atomic E-state index is -0.400. The summed E-state index contributed by atoms with van der Waals surface area (Å²) in [5.41, 5.74) is 12.3. The average molecular weight is 165 g/mol. The third-order valence-electron chi connectivity index (χ3n) is 1.85. The molecular formula is C9H15N3. The molecule has 0 spiro atoms. The zero-order chi connectivity index (χ0) is 9.19. The highest BCUT2D eigenvalue weighted by Gasteiger charge is 2.22. The van der Waals surface area contributed by atoms with Gasteiger partial charge in [-0.15, -0.1) is 0 Å². The van der Waals surface area contributed by atoms with Gasteiger partial charge in [0.05, 0.1) is 0 Å². The fraction of sp³-hybridized carbons (Fsp3) is 0.444. The molecule has 0 saturated heterocycles. The van der Waals surface area contributed by atoms with Crippen molar-refractivity contribution in [1.82, 2.24) is 4.98 Å². The summed E-state index contributed by atoms with van der Waals surface area (Å²) in [4.78, 5) is 3.98. The monoisotopic (exact) mass is 165 g/mol. The first-order chi connectivity index (χ1) is 5.52. The highest BCUT2D eigenvalue weighted by Crippen LogP contribution is 2.18. The van der Waals surface area contributed by atoms with Crippen LogP contribution in [0.5, 0.6) is 0 Å². The second kappa shape index (κ2) is 3.21. The van der Waals surface area contributed by atoms with Crippen molar-refractivity contribution in [3.05, 3.63) is 30.1 Å². The first kappa shape index (κ1) is 9.16. The van der Waals surface area contributed by atoms with E-state index < -0.39 is 5.54 Å². The van der Waals surface area contributed by atoms with Crippen molar-refractivity contribution >= 4 is 0 Å². The van der Waals surface area contributed by atoms with Crippen LogP contribution in [0, 0.1) is 0 Å². The van der Waals surface area contributed by atoms with Gasteiger partial charge in [0.2, 0.25) is 0 Å². The van der Waals surface area contributed by atoms with Crippen LogP contribution in [0.1, 0.15) is 25.5 Å². The van der Waals surface area contributed by atoms with Gasteiger partial charge in [-0.2, -0.15) is 0 Å². The number of rotatable bonds is 2. The lowest BCUT2D eigenvalue weighted by atomic mass is 9.91. The van der Waals surface area contributed by atoms with E-state index >= 15 is 0 Å². The molecule has 66 valence electrons. The zero-order valence-corrected chi connectivity index (χ0v) is 7.49. The van der Waals surface area contributed by atoms with Crippen molar-refractivity contribution in [2.45, 2.75) is 25.4 Å². The Morgan fingerprint density at radius 3 is 2.58 bits per heavy atom. The standard InChI is InChI=1S/C9H15N3/c1-9(2,11)8(10)7-4-3-5-12-6-7/h3-6,8H,10-11H2,1-2H3. The molecule has 0 radical (unpaired) electrons. The molecule has 1 atom stereocenters. The molecule has 0 aliphatic heterocycles. The van der Waals surface area contributed by atoms with E-state index in [0.717, 1.165) is 5.56 Å². The van der Waals surface area contributed by atoms with Gasteiger partial charge in [0.15, 0.2) is 0 Å². The summed E-state index contributed by atoms with van der Waals surface area (Å²) in [6.45, 7) is 3.81. The molecule has 0 fully saturated rings. The van der Waals surface area contributed by atoms with Crippen LogP contribution in [0.2, 0.25) is 0 Å². The molecule has 0 saturated carbocycles. The van der Waals surface area contributed by atoms with Crippen LogP contribution in [0.15, 0.2) is 24.5 Å². The number of nitrogens with two attached hydrogens (primary N) is 2. The van der Waals surface area contributed by atoms with E-state index in [2.05, 4.69) is 4.98 Å². The summed E-state index contributed by atoms with van der Waals surface area (Å²) in [7, 11) is 0. The molecule has 0 bridgehead atoms. The van der Waals surface area contributed by atoms with Crippen LogP contribution in [-0.2, 0) is 0 Å². The molecule has 4 N–H and O–H groups in total. The Morgan fingerprint density at radius 2 is 2.17 bits per heavy atom. The fourth-order valence-corrected chi connectivity index (χ4v) is 0.989. The van der Waals surface area contributed by atoms with Crippen LogP contribution >= 0.6 is 0 Å². The molecular weight excluding hydrogens is 150 g/mol. The zero-order valence-electron chi connectivity index (χ0n) is 7.49. The topological polar surface area (TPSA) is 64.9 Å². The van der Waals surface area contributed by atoms with Crippen LogP contribution in [0.3, 0.4) is 0 Å². The number of hydrogen-bond donors (Lipinski definition) is 2. The van der Waals surface area contributed by atoms with Gasteiger partial charge >= 0.3 is 0 Å². The second-order valence-corrected chi connectivity index (χ2v) is 3.59.